The fraction of sp³-hybridized carbons (Fsp3) is 0.333. The van der Waals surface area contributed by atoms with E-state index in [9.17, 15) is 24.3 Å². The third-order valence-corrected chi connectivity index (χ3v) is 9.43. The molecule has 0 aliphatic carbocycles. The first-order chi connectivity index (χ1) is 16.4. The monoisotopic (exact) mass is 498 g/mol. The first-order valence-corrected chi connectivity index (χ1v) is 12.9. The van der Waals surface area contributed by atoms with E-state index in [4.69, 9.17) is 4.74 Å². The Morgan fingerprint density at radius 1 is 1.09 bits per heavy atom. The number of carbonyl (C=O) groups excluding carboxylic acids is 3. The minimum atomic E-state index is -1.47. The largest absolute Gasteiger partial charge is 0.480 e. The van der Waals surface area contributed by atoms with E-state index in [1.165, 1.54) is 23.9 Å². The van der Waals surface area contributed by atoms with Gasteiger partial charge in [-0.05, 0) is 29.9 Å². The van der Waals surface area contributed by atoms with Crippen molar-refractivity contribution in [3.8, 4) is 0 Å². The van der Waals surface area contributed by atoms with Gasteiger partial charge in [0.15, 0.2) is 6.04 Å². The highest BCUT2D eigenvalue weighted by Crippen LogP contribution is 2.50. The molecule has 0 saturated carbocycles. The zero-order chi connectivity index (χ0) is 23.9. The molecule has 2 N–H and O–H groups in total. The number of carbonyl (C=O) groups is 4. The van der Waals surface area contributed by atoms with Crippen LogP contribution in [0.3, 0.4) is 0 Å². The molecule has 8 nitrogen and oxygen atoms in total. The second kappa shape index (κ2) is 9.09. The molecule has 1 spiro atoms. The van der Waals surface area contributed by atoms with Gasteiger partial charge in [-0.15, -0.1) is 11.8 Å². The van der Waals surface area contributed by atoms with Gasteiger partial charge in [-0.3, -0.25) is 24.6 Å². The van der Waals surface area contributed by atoms with Gasteiger partial charge >= 0.3 is 11.9 Å². The summed E-state index contributed by atoms with van der Waals surface area (Å²) in [5, 5.41) is 12.4. The van der Waals surface area contributed by atoms with Crippen molar-refractivity contribution in [1.29, 1.82) is 0 Å². The Hall–Kier alpha value is -2.82. The van der Waals surface area contributed by atoms with E-state index >= 15 is 0 Å². The predicted octanol–water partition coefficient (Wildman–Crippen LogP) is 2.39. The Morgan fingerprint density at radius 2 is 1.74 bits per heavy atom. The molecule has 2 amide bonds. The Labute approximate surface area is 204 Å². The molecule has 2 aromatic carbocycles. The van der Waals surface area contributed by atoms with Crippen molar-refractivity contribution in [3.05, 3.63) is 71.3 Å². The number of esters is 1. The molecule has 2 fully saturated rings. The van der Waals surface area contributed by atoms with Crippen LogP contribution in [0.4, 0.5) is 0 Å². The van der Waals surface area contributed by atoms with Gasteiger partial charge in [-0.1, -0.05) is 42.5 Å². The number of ether oxygens (including phenoxy) is 1. The van der Waals surface area contributed by atoms with Gasteiger partial charge in [0.05, 0.1) is 21.2 Å². The summed E-state index contributed by atoms with van der Waals surface area (Å²) in [7, 11) is 0. The van der Waals surface area contributed by atoms with Crippen LogP contribution in [0.5, 0.6) is 0 Å². The van der Waals surface area contributed by atoms with Crippen LogP contribution < -0.4 is 5.32 Å². The van der Waals surface area contributed by atoms with E-state index in [-0.39, 0.29) is 17.7 Å². The molecular weight excluding hydrogens is 476 g/mol. The van der Waals surface area contributed by atoms with Crippen LogP contribution in [0.15, 0.2) is 54.6 Å². The lowest BCUT2D eigenvalue weighted by molar-refractivity contribution is -0.149. The molecule has 0 radical (unpaired) electrons. The maximum absolute atomic E-state index is 13.1. The summed E-state index contributed by atoms with van der Waals surface area (Å²) in [6.07, 6.45) is 0.686. The molecule has 2 aromatic rings. The summed E-state index contributed by atoms with van der Waals surface area (Å²) in [4.78, 5) is 52.4. The molecule has 0 bridgehead atoms. The maximum Gasteiger partial charge on any atom is 0.329 e. The van der Waals surface area contributed by atoms with Gasteiger partial charge in [0.2, 0.25) is 0 Å². The number of carboxylic acids is 1. The Bertz CT molecular complexity index is 1120. The quantitative estimate of drug-likeness (QED) is 0.458. The van der Waals surface area contributed by atoms with Crippen molar-refractivity contribution in [2.45, 2.75) is 35.2 Å². The number of nitrogens with one attached hydrogen (secondary N) is 1. The zero-order valence-corrected chi connectivity index (χ0v) is 19.6. The number of nitrogens with zero attached hydrogens (tertiary/aromatic N) is 1. The molecule has 4 unspecified atom stereocenters. The van der Waals surface area contributed by atoms with Crippen LogP contribution in [0.1, 0.15) is 32.7 Å². The second-order valence-corrected chi connectivity index (χ2v) is 11.1. The molecule has 2 saturated heterocycles. The topological polar surface area (TPSA) is 113 Å². The van der Waals surface area contributed by atoms with Gasteiger partial charge in [0, 0.05) is 5.75 Å². The third kappa shape index (κ3) is 3.89. The minimum absolute atomic E-state index is 0.108. The molecule has 5 rings (SSSR count). The molecule has 4 atom stereocenters. The number of thioether (sulfide) groups is 2. The van der Waals surface area contributed by atoms with Crippen molar-refractivity contribution in [2.75, 3.05) is 11.5 Å². The van der Waals surface area contributed by atoms with E-state index in [0.29, 0.717) is 12.2 Å². The lowest BCUT2D eigenvalue weighted by Crippen LogP contribution is -2.56. The summed E-state index contributed by atoms with van der Waals surface area (Å²) in [5.74, 6) is -1.58. The fourth-order valence-electron chi connectivity index (χ4n) is 4.64. The predicted molar refractivity (Wildman–Crippen MR) is 128 cm³/mol. The Balaban J connectivity index is 1.40. The number of rotatable bonds is 6. The first-order valence-electron chi connectivity index (χ1n) is 10.8. The van der Waals surface area contributed by atoms with Crippen molar-refractivity contribution in [1.82, 2.24) is 10.2 Å². The molecular formula is C24H22N2O6S2. The van der Waals surface area contributed by atoms with E-state index in [2.05, 4.69) is 5.32 Å². The van der Waals surface area contributed by atoms with Crippen LogP contribution in [0.2, 0.25) is 0 Å². The van der Waals surface area contributed by atoms with E-state index < -0.39 is 46.0 Å². The smallest absolute Gasteiger partial charge is 0.329 e. The van der Waals surface area contributed by atoms with E-state index in [1.54, 1.807) is 23.9 Å². The Morgan fingerprint density at radius 3 is 2.32 bits per heavy atom. The fourth-order valence-corrected chi connectivity index (χ4v) is 8.20. The zero-order valence-electron chi connectivity index (χ0n) is 18.0. The molecule has 3 aliphatic heterocycles. The standard InChI is InChI=1S/C24H22N2O6S2/c27-20-15-8-4-5-9-16(15)21(28)26(20)17(22(29)30)19-25-18(24(34-19)10-11-33-13-24)23(31)32-12-14-6-2-1-3-7-14/h1-9,17-19,25H,10-13H2,(H,29,30). The van der Waals surface area contributed by atoms with Gasteiger partial charge in [-0.25, -0.2) is 4.79 Å². The molecule has 3 aliphatic rings. The SMILES string of the molecule is O=C(O)C(C1NC(C(=O)OCc2ccccc2)C2(CCSC2)S1)N1C(=O)c2ccccc2C1=O. The van der Waals surface area contributed by atoms with Gasteiger partial charge < -0.3 is 9.84 Å². The normalized spacial score (nSPS) is 26.6. The van der Waals surface area contributed by atoms with Crippen LogP contribution in [-0.4, -0.2) is 67.5 Å². The highest BCUT2D eigenvalue weighted by atomic mass is 32.2. The number of benzene rings is 2. The number of hydrogen-bond donors (Lipinski definition) is 2. The summed E-state index contributed by atoms with van der Waals surface area (Å²) < 4.78 is 5.01. The lowest BCUT2D eigenvalue weighted by atomic mass is 9.98. The summed E-state index contributed by atoms with van der Waals surface area (Å²) in [6.45, 7) is 0.108. The van der Waals surface area contributed by atoms with Gasteiger partial charge in [-0.2, -0.15) is 11.8 Å². The second-order valence-electron chi connectivity index (χ2n) is 8.41. The number of aliphatic carboxylic acids is 1. The number of hydrogen-bond acceptors (Lipinski definition) is 8. The van der Waals surface area contributed by atoms with Crippen LogP contribution in [0, 0.1) is 0 Å². The average Bonchev–Trinajstić information content (AvgIpc) is 3.53. The highest BCUT2D eigenvalue weighted by molar-refractivity contribution is 8.05. The molecule has 0 aromatic heterocycles. The van der Waals surface area contributed by atoms with Crippen molar-refractivity contribution in [2.24, 2.45) is 0 Å². The molecule has 3 heterocycles. The highest BCUT2D eigenvalue weighted by Gasteiger charge is 2.58. The van der Waals surface area contributed by atoms with Crippen molar-refractivity contribution in [3.63, 3.8) is 0 Å². The van der Waals surface area contributed by atoms with Crippen LogP contribution >= 0.6 is 23.5 Å². The summed E-state index contributed by atoms with van der Waals surface area (Å²) in [5.41, 5.74) is 1.22. The van der Waals surface area contributed by atoms with Gasteiger partial charge in [0.1, 0.15) is 12.6 Å². The van der Waals surface area contributed by atoms with Gasteiger partial charge in [0.25, 0.3) is 11.8 Å². The van der Waals surface area contributed by atoms with Crippen molar-refractivity contribution < 1.29 is 29.0 Å². The number of amides is 2. The van der Waals surface area contributed by atoms with Crippen molar-refractivity contribution >= 4 is 47.3 Å². The minimum Gasteiger partial charge on any atom is -0.480 e. The van der Waals surface area contributed by atoms with E-state index in [0.717, 1.165) is 16.2 Å². The number of imide groups is 1. The number of carboxylic acid groups (broad SMARTS) is 1. The molecule has 34 heavy (non-hydrogen) atoms. The molecule has 10 heteroatoms. The van der Waals surface area contributed by atoms with Crippen LogP contribution in [-0.2, 0) is 20.9 Å². The third-order valence-electron chi connectivity index (χ3n) is 6.34. The summed E-state index contributed by atoms with van der Waals surface area (Å²) >= 11 is 3.01. The van der Waals surface area contributed by atoms with E-state index in [1.807, 2.05) is 30.3 Å². The maximum atomic E-state index is 13.1. The van der Waals surface area contributed by atoms with Crippen LogP contribution in [0.25, 0.3) is 0 Å². The Kier molecular flexibility index (Phi) is 6.13. The molecule has 176 valence electrons. The first kappa shape index (κ1) is 22.9. The average molecular weight is 499 g/mol. The lowest BCUT2D eigenvalue weighted by Gasteiger charge is -2.28. The number of fused-ring (bicyclic) bond motifs is 1. The summed E-state index contributed by atoms with van der Waals surface area (Å²) in [6, 6.07) is 13.4.